The van der Waals surface area contributed by atoms with Gasteiger partial charge in [0.2, 0.25) is 0 Å². The van der Waals surface area contributed by atoms with Gasteiger partial charge in [0.05, 0.1) is 18.6 Å². The highest BCUT2D eigenvalue weighted by atomic mass is 16.7. The Hall–Kier alpha value is -2.11. The molecule has 2 N–H and O–H groups in total. The minimum Gasteiger partial charge on any atom is -0.508 e. The molecular formula is C18H22O5. The minimum absolute atomic E-state index is 0.00191. The summed E-state index contributed by atoms with van der Waals surface area (Å²) in [5.41, 5.74) is 0.567. The van der Waals surface area contributed by atoms with Crippen molar-refractivity contribution in [3.05, 3.63) is 47.6 Å². The van der Waals surface area contributed by atoms with E-state index in [2.05, 4.69) is 6.92 Å². The van der Waals surface area contributed by atoms with Gasteiger partial charge in [0, 0.05) is 12.7 Å². The van der Waals surface area contributed by atoms with Crippen molar-refractivity contribution < 1.29 is 24.5 Å². The van der Waals surface area contributed by atoms with E-state index in [0.29, 0.717) is 12.2 Å². The molecule has 1 aliphatic rings. The van der Waals surface area contributed by atoms with Crippen LogP contribution in [0.25, 0.3) is 5.76 Å². The Balaban J connectivity index is 2.28. The number of benzene rings is 1. The van der Waals surface area contributed by atoms with Crippen molar-refractivity contribution in [2.45, 2.75) is 32.0 Å². The standard InChI is InChI=1S/C18H22O5/c1-3-4-10-23-18(22-2)9-8-15(16(20)12-18)17(21)13-6-5-7-14(19)11-13/h5-9,11,19,21H,3-4,10,12H2,1-2H3. The summed E-state index contributed by atoms with van der Waals surface area (Å²) in [6.07, 6.45) is 5.03. The number of aliphatic hydroxyl groups is 1. The second-order valence-corrected chi connectivity index (χ2v) is 5.46. The number of aliphatic hydroxyl groups excluding tert-OH is 1. The molecular weight excluding hydrogens is 296 g/mol. The SMILES string of the molecule is CCCCOC1(OC)C=CC(=C(O)c2cccc(O)c2)C(=O)C1. The zero-order chi connectivity index (χ0) is 16.9. The van der Waals surface area contributed by atoms with Gasteiger partial charge in [-0.25, -0.2) is 0 Å². The molecule has 0 bridgehead atoms. The number of ether oxygens (including phenoxy) is 2. The number of phenols is 1. The second-order valence-electron chi connectivity index (χ2n) is 5.46. The number of rotatable bonds is 6. The molecule has 5 heteroatoms. The highest BCUT2D eigenvalue weighted by Crippen LogP contribution is 2.31. The number of methoxy groups -OCH3 is 1. The van der Waals surface area contributed by atoms with Gasteiger partial charge in [0.25, 0.3) is 0 Å². The van der Waals surface area contributed by atoms with Crippen LogP contribution in [0.2, 0.25) is 0 Å². The van der Waals surface area contributed by atoms with E-state index in [9.17, 15) is 15.0 Å². The molecule has 0 aliphatic heterocycles. The fraction of sp³-hybridized carbons (Fsp3) is 0.389. The monoisotopic (exact) mass is 318 g/mol. The lowest BCUT2D eigenvalue weighted by Gasteiger charge is -2.31. The number of hydrogen-bond donors (Lipinski definition) is 2. The van der Waals surface area contributed by atoms with Crippen molar-refractivity contribution in [2.24, 2.45) is 0 Å². The van der Waals surface area contributed by atoms with E-state index >= 15 is 0 Å². The summed E-state index contributed by atoms with van der Waals surface area (Å²) in [5, 5.41) is 19.8. The van der Waals surface area contributed by atoms with Crippen molar-refractivity contribution in [1.82, 2.24) is 0 Å². The Labute approximate surface area is 135 Å². The Bertz CT molecular complexity index is 632. The van der Waals surface area contributed by atoms with Crippen molar-refractivity contribution in [1.29, 1.82) is 0 Å². The van der Waals surface area contributed by atoms with E-state index in [1.165, 1.54) is 25.3 Å². The van der Waals surface area contributed by atoms with Gasteiger partial charge < -0.3 is 19.7 Å². The molecule has 1 aromatic rings. The lowest BCUT2D eigenvalue weighted by Crippen LogP contribution is -2.38. The van der Waals surface area contributed by atoms with Crippen LogP contribution in [0, 0.1) is 0 Å². The average Bonchev–Trinajstić information content (AvgIpc) is 2.54. The molecule has 1 unspecified atom stereocenters. The smallest absolute Gasteiger partial charge is 0.195 e. The summed E-state index contributed by atoms with van der Waals surface area (Å²) >= 11 is 0. The molecule has 0 heterocycles. The molecule has 1 aliphatic carbocycles. The average molecular weight is 318 g/mol. The third-order valence-electron chi connectivity index (χ3n) is 3.78. The highest BCUT2D eigenvalue weighted by molar-refractivity contribution is 6.05. The first-order chi connectivity index (χ1) is 11.0. The van der Waals surface area contributed by atoms with Crippen LogP contribution in [0.3, 0.4) is 0 Å². The molecule has 124 valence electrons. The fourth-order valence-electron chi connectivity index (χ4n) is 2.39. The molecule has 23 heavy (non-hydrogen) atoms. The maximum Gasteiger partial charge on any atom is 0.195 e. The lowest BCUT2D eigenvalue weighted by atomic mass is 9.92. The second kappa shape index (κ2) is 7.44. The Morgan fingerprint density at radius 1 is 1.39 bits per heavy atom. The Kier molecular flexibility index (Phi) is 5.58. The first kappa shape index (κ1) is 17.2. The van der Waals surface area contributed by atoms with Crippen molar-refractivity contribution in [2.75, 3.05) is 13.7 Å². The van der Waals surface area contributed by atoms with Crippen LogP contribution in [-0.4, -0.2) is 35.5 Å². The molecule has 1 aromatic carbocycles. The zero-order valence-electron chi connectivity index (χ0n) is 13.4. The third kappa shape index (κ3) is 4.00. The van der Waals surface area contributed by atoms with Crippen LogP contribution in [0.4, 0.5) is 0 Å². The van der Waals surface area contributed by atoms with Gasteiger partial charge in [-0.1, -0.05) is 25.5 Å². The summed E-state index contributed by atoms with van der Waals surface area (Å²) in [6.45, 7) is 2.55. The van der Waals surface area contributed by atoms with E-state index in [-0.39, 0.29) is 29.3 Å². The van der Waals surface area contributed by atoms with Gasteiger partial charge in [-0.05, 0) is 30.7 Å². The van der Waals surface area contributed by atoms with Gasteiger partial charge in [-0.15, -0.1) is 0 Å². The molecule has 0 spiro atoms. The molecule has 1 atom stereocenters. The lowest BCUT2D eigenvalue weighted by molar-refractivity contribution is -0.193. The fourth-order valence-corrected chi connectivity index (χ4v) is 2.39. The van der Waals surface area contributed by atoms with E-state index in [0.717, 1.165) is 12.8 Å². The molecule has 0 saturated heterocycles. The van der Waals surface area contributed by atoms with Crippen LogP contribution in [0.1, 0.15) is 31.7 Å². The Morgan fingerprint density at radius 2 is 2.17 bits per heavy atom. The number of Topliss-reactive ketones (excluding diaryl/α,β-unsaturated/α-hetero) is 1. The number of unbranched alkanes of at least 4 members (excludes halogenated alkanes) is 1. The number of ketones is 1. The van der Waals surface area contributed by atoms with Gasteiger partial charge in [-0.3, -0.25) is 4.79 Å². The molecule has 0 radical (unpaired) electrons. The van der Waals surface area contributed by atoms with Crippen LogP contribution < -0.4 is 0 Å². The molecule has 0 fully saturated rings. The summed E-state index contributed by atoms with van der Waals surface area (Å²) in [5.74, 6) is -1.49. The first-order valence-electron chi connectivity index (χ1n) is 7.65. The quantitative estimate of drug-likeness (QED) is 0.364. The number of allylic oxidation sites excluding steroid dienone is 2. The highest BCUT2D eigenvalue weighted by Gasteiger charge is 2.36. The normalized spacial score (nSPS) is 23.1. The maximum absolute atomic E-state index is 12.4. The number of hydrogen-bond acceptors (Lipinski definition) is 5. The summed E-state index contributed by atoms with van der Waals surface area (Å²) < 4.78 is 11.1. The van der Waals surface area contributed by atoms with Crippen LogP contribution in [0.5, 0.6) is 5.75 Å². The van der Waals surface area contributed by atoms with Gasteiger partial charge >= 0.3 is 0 Å². The largest absolute Gasteiger partial charge is 0.508 e. The molecule has 0 saturated carbocycles. The van der Waals surface area contributed by atoms with Gasteiger partial charge in [-0.2, -0.15) is 0 Å². The third-order valence-corrected chi connectivity index (χ3v) is 3.78. The van der Waals surface area contributed by atoms with E-state index in [1.807, 2.05) is 0 Å². The number of carbonyl (C=O) groups is 1. The predicted octanol–water partition coefficient (Wildman–Crippen LogP) is 3.35. The summed E-state index contributed by atoms with van der Waals surface area (Å²) in [7, 11) is 1.49. The number of phenolic OH excluding ortho intramolecular Hbond substituents is 1. The van der Waals surface area contributed by atoms with Gasteiger partial charge in [0.1, 0.15) is 11.5 Å². The van der Waals surface area contributed by atoms with Crippen LogP contribution >= 0.6 is 0 Å². The molecule has 0 amide bonds. The van der Waals surface area contributed by atoms with Crippen molar-refractivity contribution in [3.63, 3.8) is 0 Å². The topological polar surface area (TPSA) is 76.0 Å². The van der Waals surface area contributed by atoms with Crippen molar-refractivity contribution >= 4 is 11.5 Å². The van der Waals surface area contributed by atoms with Crippen molar-refractivity contribution in [3.8, 4) is 5.75 Å². The zero-order valence-corrected chi connectivity index (χ0v) is 13.4. The first-order valence-corrected chi connectivity index (χ1v) is 7.65. The van der Waals surface area contributed by atoms with Gasteiger partial charge in [0.15, 0.2) is 11.6 Å². The number of carbonyl (C=O) groups excluding carboxylic acids is 1. The molecule has 0 aromatic heterocycles. The predicted molar refractivity (Wildman–Crippen MR) is 87.0 cm³/mol. The molecule has 2 rings (SSSR count). The van der Waals surface area contributed by atoms with Crippen LogP contribution in [0.15, 0.2) is 42.0 Å². The van der Waals surface area contributed by atoms with E-state index < -0.39 is 5.79 Å². The minimum atomic E-state index is -1.07. The number of aromatic hydroxyl groups is 1. The van der Waals surface area contributed by atoms with E-state index in [4.69, 9.17) is 9.47 Å². The van der Waals surface area contributed by atoms with E-state index in [1.54, 1.807) is 18.2 Å². The maximum atomic E-state index is 12.4. The summed E-state index contributed by atoms with van der Waals surface area (Å²) in [4.78, 5) is 12.4. The summed E-state index contributed by atoms with van der Waals surface area (Å²) in [6, 6.07) is 6.13. The molecule has 5 nitrogen and oxygen atoms in total. The van der Waals surface area contributed by atoms with Crippen LogP contribution in [-0.2, 0) is 14.3 Å². The Morgan fingerprint density at radius 3 is 2.78 bits per heavy atom.